The Morgan fingerprint density at radius 3 is 2.85 bits per heavy atom. The number of para-hydroxylation sites is 1. The molecule has 0 saturated heterocycles. The lowest BCUT2D eigenvalue weighted by Crippen LogP contribution is -2.06. The third-order valence-corrected chi connectivity index (χ3v) is 3.04. The molecular formula is C14H16N6. The van der Waals surface area contributed by atoms with Gasteiger partial charge in [0.05, 0.1) is 6.33 Å². The van der Waals surface area contributed by atoms with Gasteiger partial charge in [-0.1, -0.05) is 18.2 Å². The minimum absolute atomic E-state index is 0.457. The second-order valence-electron chi connectivity index (χ2n) is 4.52. The van der Waals surface area contributed by atoms with Crippen LogP contribution in [0.15, 0.2) is 36.7 Å². The lowest BCUT2D eigenvalue weighted by Gasteiger charge is -2.05. The van der Waals surface area contributed by atoms with Crippen molar-refractivity contribution >= 4 is 22.7 Å². The van der Waals surface area contributed by atoms with Gasteiger partial charge in [0.2, 0.25) is 0 Å². The first-order chi connectivity index (χ1) is 9.83. The van der Waals surface area contributed by atoms with Crippen molar-refractivity contribution in [1.29, 1.82) is 0 Å². The Kier molecular flexibility index (Phi) is 3.45. The summed E-state index contributed by atoms with van der Waals surface area (Å²) < 4.78 is 0. The smallest absolute Gasteiger partial charge is 0.183 e. The Morgan fingerprint density at radius 1 is 1.15 bits per heavy atom. The normalized spacial score (nSPS) is 10.8. The molecule has 3 aromatic rings. The highest BCUT2D eigenvalue weighted by atomic mass is 15.0. The number of nitrogens with zero attached hydrogens (tertiary/aromatic N) is 3. The molecule has 2 aromatic heterocycles. The molecular weight excluding hydrogens is 252 g/mol. The van der Waals surface area contributed by atoms with Crippen molar-refractivity contribution in [2.24, 2.45) is 0 Å². The summed E-state index contributed by atoms with van der Waals surface area (Å²) >= 11 is 0. The van der Waals surface area contributed by atoms with Gasteiger partial charge in [-0.25, -0.2) is 15.0 Å². The molecule has 6 heteroatoms. The van der Waals surface area contributed by atoms with Crippen LogP contribution in [-0.2, 0) is 6.42 Å². The van der Waals surface area contributed by atoms with E-state index in [9.17, 15) is 0 Å². The summed E-state index contributed by atoms with van der Waals surface area (Å²) in [6.45, 7) is 0.867. The van der Waals surface area contributed by atoms with Gasteiger partial charge in [-0.15, -0.1) is 0 Å². The maximum atomic E-state index is 5.86. The summed E-state index contributed by atoms with van der Waals surface area (Å²) in [7, 11) is 0. The molecule has 2 heterocycles. The monoisotopic (exact) mass is 268 g/mol. The number of aryl methyl sites for hydroxylation is 1. The van der Waals surface area contributed by atoms with Gasteiger partial charge in [0.15, 0.2) is 11.5 Å². The van der Waals surface area contributed by atoms with E-state index in [-0.39, 0.29) is 0 Å². The third kappa shape index (κ3) is 2.69. The van der Waals surface area contributed by atoms with Gasteiger partial charge in [-0.05, 0) is 18.6 Å². The highest BCUT2D eigenvalue weighted by molar-refractivity contribution is 5.80. The molecule has 0 aliphatic heterocycles. The van der Waals surface area contributed by atoms with Crippen LogP contribution >= 0.6 is 0 Å². The van der Waals surface area contributed by atoms with Crippen LogP contribution < -0.4 is 11.1 Å². The number of hydrogen-bond acceptors (Lipinski definition) is 5. The lowest BCUT2D eigenvalue weighted by molar-refractivity contribution is 0.808. The van der Waals surface area contributed by atoms with Crippen LogP contribution in [0.3, 0.4) is 0 Å². The van der Waals surface area contributed by atoms with Crippen molar-refractivity contribution in [1.82, 2.24) is 19.9 Å². The Morgan fingerprint density at radius 2 is 2.00 bits per heavy atom. The van der Waals surface area contributed by atoms with Crippen molar-refractivity contribution in [2.75, 3.05) is 17.6 Å². The fourth-order valence-corrected chi connectivity index (χ4v) is 2.05. The van der Waals surface area contributed by atoms with Crippen molar-refractivity contribution in [3.8, 4) is 0 Å². The molecule has 102 valence electrons. The van der Waals surface area contributed by atoms with E-state index in [1.165, 1.54) is 0 Å². The van der Waals surface area contributed by atoms with E-state index in [2.05, 4.69) is 25.3 Å². The number of rotatable bonds is 5. The second-order valence-corrected chi connectivity index (χ2v) is 4.52. The number of anilines is 2. The van der Waals surface area contributed by atoms with Crippen molar-refractivity contribution < 1.29 is 0 Å². The van der Waals surface area contributed by atoms with Crippen molar-refractivity contribution in [3.63, 3.8) is 0 Å². The van der Waals surface area contributed by atoms with Gasteiger partial charge >= 0.3 is 0 Å². The minimum atomic E-state index is 0.457. The molecule has 0 aliphatic rings. The van der Waals surface area contributed by atoms with Gasteiger partial charge in [0.1, 0.15) is 11.3 Å². The van der Waals surface area contributed by atoms with E-state index < -0.39 is 0 Å². The average molecular weight is 268 g/mol. The first-order valence-electron chi connectivity index (χ1n) is 6.57. The number of hydrogen-bond donors (Lipinski definition) is 3. The number of fused-ring (bicyclic) bond motifs is 1. The summed E-state index contributed by atoms with van der Waals surface area (Å²) in [5.41, 5.74) is 8.31. The number of nitrogens with two attached hydrogens (primary N) is 1. The van der Waals surface area contributed by atoms with Crippen molar-refractivity contribution in [3.05, 3.63) is 42.5 Å². The number of nitrogen functional groups attached to an aromatic ring is 1. The number of aromatic nitrogens is 4. The summed E-state index contributed by atoms with van der Waals surface area (Å²) in [5.74, 6) is 1.19. The summed E-state index contributed by atoms with van der Waals surface area (Å²) in [6.07, 6.45) is 3.29. The first-order valence-corrected chi connectivity index (χ1v) is 6.57. The van der Waals surface area contributed by atoms with Crippen LogP contribution in [0.25, 0.3) is 11.2 Å². The Balaban J connectivity index is 1.57. The minimum Gasteiger partial charge on any atom is -0.385 e. The predicted octanol–water partition coefficient (Wildman–Crippen LogP) is 1.98. The molecule has 3 rings (SSSR count). The summed E-state index contributed by atoms with van der Waals surface area (Å²) in [5, 5.41) is 3.35. The van der Waals surface area contributed by atoms with Gasteiger partial charge in [-0.2, -0.15) is 0 Å². The standard InChI is InChI=1S/C14H16N6/c15-13-12-14(18-9-17-12)20-11(19-13)7-4-8-16-10-5-2-1-3-6-10/h1-3,5-6,9,16H,4,7-8H2,(H3,15,17,18,19,20). The topological polar surface area (TPSA) is 92.5 Å². The molecule has 6 nitrogen and oxygen atoms in total. The molecule has 0 amide bonds. The molecule has 0 fully saturated rings. The Bertz CT molecular complexity index is 691. The third-order valence-electron chi connectivity index (χ3n) is 3.04. The highest BCUT2D eigenvalue weighted by Crippen LogP contribution is 2.13. The Hall–Kier alpha value is -2.63. The SMILES string of the molecule is Nc1nc(CCCNc2ccccc2)nc2nc[nH]c12. The van der Waals surface area contributed by atoms with E-state index in [1.54, 1.807) is 6.33 Å². The zero-order valence-corrected chi connectivity index (χ0v) is 11.0. The largest absolute Gasteiger partial charge is 0.385 e. The number of benzene rings is 1. The number of imidazole rings is 1. The van der Waals surface area contributed by atoms with Gasteiger partial charge in [0, 0.05) is 18.7 Å². The fourth-order valence-electron chi connectivity index (χ4n) is 2.05. The van der Waals surface area contributed by atoms with Crippen LogP contribution in [0.1, 0.15) is 12.2 Å². The first kappa shape index (κ1) is 12.4. The zero-order chi connectivity index (χ0) is 13.8. The van der Waals surface area contributed by atoms with Gasteiger partial charge < -0.3 is 16.0 Å². The van der Waals surface area contributed by atoms with Crippen molar-refractivity contribution in [2.45, 2.75) is 12.8 Å². The maximum absolute atomic E-state index is 5.86. The molecule has 4 N–H and O–H groups in total. The summed E-state index contributed by atoms with van der Waals surface area (Å²) in [6, 6.07) is 10.1. The molecule has 20 heavy (non-hydrogen) atoms. The van der Waals surface area contributed by atoms with E-state index in [0.29, 0.717) is 17.0 Å². The molecule has 0 aliphatic carbocycles. The molecule has 0 atom stereocenters. The van der Waals surface area contributed by atoms with E-state index in [1.807, 2.05) is 30.3 Å². The number of H-pyrrole nitrogens is 1. The summed E-state index contributed by atoms with van der Waals surface area (Å²) in [4.78, 5) is 15.7. The second kappa shape index (κ2) is 5.56. The van der Waals surface area contributed by atoms with Crippen LogP contribution in [-0.4, -0.2) is 26.5 Å². The predicted molar refractivity (Wildman–Crippen MR) is 79.3 cm³/mol. The molecule has 0 saturated carbocycles. The average Bonchev–Trinajstić information content (AvgIpc) is 2.94. The van der Waals surface area contributed by atoms with Gasteiger partial charge in [0.25, 0.3) is 0 Å². The molecule has 0 radical (unpaired) electrons. The maximum Gasteiger partial charge on any atom is 0.183 e. The molecule has 0 bridgehead atoms. The van der Waals surface area contributed by atoms with Crippen LogP contribution in [0.4, 0.5) is 11.5 Å². The molecule has 0 spiro atoms. The molecule has 1 aromatic carbocycles. The van der Waals surface area contributed by atoms with E-state index in [0.717, 1.165) is 30.9 Å². The molecule has 0 unspecified atom stereocenters. The number of nitrogens with one attached hydrogen (secondary N) is 2. The van der Waals surface area contributed by atoms with Crippen LogP contribution in [0.2, 0.25) is 0 Å². The highest BCUT2D eigenvalue weighted by Gasteiger charge is 2.06. The lowest BCUT2D eigenvalue weighted by atomic mass is 10.2. The number of aromatic amines is 1. The van der Waals surface area contributed by atoms with E-state index >= 15 is 0 Å². The quantitative estimate of drug-likeness (QED) is 0.615. The van der Waals surface area contributed by atoms with E-state index in [4.69, 9.17) is 5.73 Å². The zero-order valence-electron chi connectivity index (χ0n) is 11.0. The van der Waals surface area contributed by atoms with Gasteiger partial charge in [-0.3, -0.25) is 0 Å². The fraction of sp³-hybridized carbons (Fsp3) is 0.214. The van der Waals surface area contributed by atoms with Crippen LogP contribution in [0.5, 0.6) is 0 Å². The van der Waals surface area contributed by atoms with Crippen LogP contribution in [0, 0.1) is 0 Å². The Labute approximate surface area is 116 Å².